The summed E-state index contributed by atoms with van der Waals surface area (Å²) in [5, 5.41) is 3.27. The van der Waals surface area contributed by atoms with Gasteiger partial charge < -0.3 is 15.1 Å². The lowest BCUT2D eigenvalue weighted by molar-refractivity contribution is 0.0981. The van der Waals surface area contributed by atoms with Gasteiger partial charge in [0.2, 0.25) is 0 Å². The zero-order valence-corrected chi connectivity index (χ0v) is 18.9. The SMILES string of the molecule is CN1CCN(C2CCN(c3ccc4ncnc(Nc5ccc(F)c(Cl)c5)c4n3)CC2)CC1. The lowest BCUT2D eigenvalue weighted by Gasteiger charge is -2.42. The summed E-state index contributed by atoms with van der Waals surface area (Å²) in [4.78, 5) is 21.0. The summed E-state index contributed by atoms with van der Waals surface area (Å²) in [6.45, 7) is 6.60. The molecule has 1 aromatic carbocycles. The molecule has 168 valence electrons. The number of benzene rings is 1. The average molecular weight is 456 g/mol. The van der Waals surface area contributed by atoms with E-state index in [0.29, 0.717) is 23.1 Å². The molecule has 7 nitrogen and oxygen atoms in total. The molecule has 0 radical (unpaired) electrons. The van der Waals surface area contributed by atoms with E-state index in [9.17, 15) is 4.39 Å². The minimum absolute atomic E-state index is 0.0604. The highest BCUT2D eigenvalue weighted by molar-refractivity contribution is 6.31. The van der Waals surface area contributed by atoms with Gasteiger partial charge in [-0.25, -0.2) is 19.3 Å². The molecule has 1 N–H and O–H groups in total. The molecule has 9 heteroatoms. The first-order valence-electron chi connectivity index (χ1n) is 11.1. The van der Waals surface area contributed by atoms with Crippen molar-refractivity contribution >= 4 is 40.0 Å². The Kier molecular flexibility index (Phi) is 6.08. The minimum atomic E-state index is -0.454. The first-order valence-corrected chi connectivity index (χ1v) is 11.5. The van der Waals surface area contributed by atoms with Crippen molar-refractivity contribution in [2.75, 3.05) is 56.5 Å². The van der Waals surface area contributed by atoms with Crippen LogP contribution in [0.4, 0.5) is 21.7 Å². The molecule has 2 saturated heterocycles. The quantitative estimate of drug-likeness (QED) is 0.642. The number of halogens is 2. The molecule has 2 aliphatic heterocycles. The van der Waals surface area contributed by atoms with Crippen molar-refractivity contribution in [1.29, 1.82) is 0 Å². The molecule has 2 fully saturated rings. The fourth-order valence-electron chi connectivity index (χ4n) is 4.56. The van der Waals surface area contributed by atoms with E-state index in [0.717, 1.165) is 63.4 Å². The number of nitrogens with zero attached hydrogens (tertiary/aromatic N) is 6. The zero-order chi connectivity index (χ0) is 22.1. The van der Waals surface area contributed by atoms with Crippen molar-refractivity contribution in [2.24, 2.45) is 0 Å². The van der Waals surface area contributed by atoms with Crippen molar-refractivity contribution < 1.29 is 4.39 Å². The fraction of sp³-hybridized carbons (Fsp3) is 0.435. The van der Waals surface area contributed by atoms with Crippen molar-refractivity contribution in [3.05, 3.63) is 47.5 Å². The van der Waals surface area contributed by atoms with Crippen LogP contribution in [0.2, 0.25) is 5.02 Å². The van der Waals surface area contributed by atoms with Gasteiger partial charge in [-0.3, -0.25) is 4.90 Å². The van der Waals surface area contributed by atoms with Crippen LogP contribution in [0.5, 0.6) is 0 Å². The van der Waals surface area contributed by atoms with E-state index in [1.165, 1.54) is 18.5 Å². The van der Waals surface area contributed by atoms with Gasteiger partial charge in [-0.15, -0.1) is 0 Å². The van der Waals surface area contributed by atoms with E-state index in [-0.39, 0.29) is 5.02 Å². The van der Waals surface area contributed by atoms with Crippen LogP contribution in [0.3, 0.4) is 0 Å². The van der Waals surface area contributed by atoms with Crippen LogP contribution in [0.15, 0.2) is 36.7 Å². The highest BCUT2D eigenvalue weighted by Crippen LogP contribution is 2.28. The summed E-state index contributed by atoms with van der Waals surface area (Å²) in [6, 6.07) is 9.17. The largest absolute Gasteiger partial charge is 0.356 e. The Balaban J connectivity index is 1.32. The Morgan fingerprint density at radius 1 is 1.00 bits per heavy atom. The second kappa shape index (κ2) is 9.13. The van der Waals surface area contributed by atoms with Crippen LogP contribution in [0, 0.1) is 5.82 Å². The number of hydrogen-bond acceptors (Lipinski definition) is 7. The van der Waals surface area contributed by atoms with Crippen molar-refractivity contribution in [1.82, 2.24) is 24.8 Å². The average Bonchev–Trinajstić information content (AvgIpc) is 2.82. The van der Waals surface area contributed by atoms with Crippen LogP contribution in [-0.4, -0.2) is 77.1 Å². The Hall–Kier alpha value is -2.55. The third-order valence-electron chi connectivity index (χ3n) is 6.49. The lowest BCUT2D eigenvalue weighted by Crippen LogP contribution is -2.52. The molecule has 0 bridgehead atoms. The molecular weight excluding hydrogens is 429 g/mol. The number of nitrogens with one attached hydrogen (secondary N) is 1. The Morgan fingerprint density at radius 2 is 1.78 bits per heavy atom. The third-order valence-corrected chi connectivity index (χ3v) is 6.78. The molecule has 0 amide bonds. The normalized spacial score (nSPS) is 18.9. The standard InChI is InChI=1S/C23H27ClFN7/c1-30-10-12-31(13-11-30)17-6-8-32(9-7-17)21-5-4-20-22(29-21)23(27-15-26-20)28-16-2-3-19(25)18(24)14-16/h2-5,14-15,17H,6-13H2,1H3,(H,26,27,28). The van der Waals surface area contributed by atoms with Crippen LogP contribution in [0.1, 0.15) is 12.8 Å². The molecule has 0 unspecified atom stereocenters. The lowest BCUT2D eigenvalue weighted by atomic mass is 10.0. The Labute approximate surface area is 192 Å². The number of anilines is 3. The Bertz CT molecular complexity index is 1090. The summed E-state index contributed by atoms with van der Waals surface area (Å²) >= 11 is 5.92. The first-order chi connectivity index (χ1) is 15.6. The molecule has 5 rings (SSSR count). The maximum Gasteiger partial charge on any atom is 0.160 e. The molecule has 0 spiro atoms. The van der Waals surface area contributed by atoms with Crippen molar-refractivity contribution in [3.63, 3.8) is 0 Å². The third kappa shape index (κ3) is 4.48. The number of fused-ring (bicyclic) bond motifs is 1. The van der Waals surface area contributed by atoms with Gasteiger partial charge in [-0.2, -0.15) is 0 Å². The summed E-state index contributed by atoms with van der Waals surface area (Å²) in [5.41, 5.74) is 2.09. The topological polar surface area (TPSA) is 60.4 Å². The predicted octanol–water partition coefficient (Wildman–Crippen LogP) is 3.78. The highest BCUT2D eigenvalue weighted by atomic mass is 35.5. The smallest absolute Gasteiger partial charge is 0.160 e. The number of rotatable bonds is 4. The van der Waals surface area contributed by atoms with Gasteiger partial charge >= 0.3 is 0 Å². The number of hydrogen-bond donors (Lipinski definition) is 1. The maximum absolute atomic E-state index is 13.5. The summed E-state index contributed by atoms with van der Waals surface area (Å²) < 4.78 is 13.5. The molecule has 4 heterocycles. The molecule has 2 aliphatic rings. The number of piperidine rings is 1. The predicted molar refractivity (Wildman–Crippen MR) is 126 cm³/mol. The Morgan fingerprint density at radius 3 is 2.53 bits per heavy atom. The molecule has 2 aromatic heterocycles. The monoisotopic (exact) mass is 455 g/mol. The molecule has 0 aliphatic carbocycles. The van der Waals surface area contributed by atoms with Crippen LogP contribution in [0.25, 0.3) is 11.0 Å². The van der Waals surface area contributed by atoms with Crippen LogP contribution >= 0.6 is 11.6 Å². The summed E-state index contributed by atoms with van der Waals surface area (Å²) in [5.74, 6) is 1.06. The van der Waals surface area contributed by atoms with E-state index in [1.54, 1.807) is 6.07 Å². The summed E-state index contributed by atoms with van der Waals surface area (Å²) in [6.07, 6.45) is 3.79. The van der Waals surface area contributed by atoms with E-state index < -0.39 is 5.82 Å². The number of likely N-dealkylation sites (N-methyl/N-ethyl adjacent to an activating group) is 1. The van der Waals surface area contributed by atoms with Crippen molar-refractivity contribution in [2.45, 2.75) is 18.9 Å². The van der Waals surface area contributed by atoms with Gasteiger partial charge in [0.15, 0.2) is 5.82 Å². The van der Waals surface area contributed by atoms with Gasteiger partial charge in [0.1, 0.15) is 23.5 Å². The van der Waals surface area contributed by atoms with Crippen LogP contribution < -0.4 is 10.2 Å². The number of pyridine rings is 1. The number of aromatic nitrogens is 3. The fourth-order valence-corrected chi connectivity index (χ4v) is 4.74. The highest BCUT2D eigenvalue weighted by Gasteiger charge is 2.27. The zero-order valence-electron chi connectivity index (χ0n) is 18.1. The minimum Gasteiger partial charge on any atom is -0.356 e. The van der Waals surface area contributed by atoms with Crippen LogP contribution in [-0.2, 0) is 0 Å². The van der Waals surface area contributed by atoms with Gasteiger partial charge in [-0.1, -0.05) is 11.6 Å². The van der Waals surface area contributed by atoms with E-state index in [4.69, 9.17) is 16.6 Å². The van der Waals surface area contributed by atoms with E-state index in [1.807, 2.05) is 12.1 Å². The van der Waals surface area contributed by atoms with Gasteiger partial charge in [0, 0.05) is 51.0 Å². The van der Waals surface area contributed by atoms with Gasteiger partial charge in [0.05, 0.1) is 10.5 Å². The second-order valence-electron chi connectivity index (χ2n) is 8.57. The van der Waals surface area contributed by atoms with E-state index in [2.05, 4.69) is 37.0 Å². The molecular formula is C23H27ClFN7. The van der Waals surface area contributed by atoms with E-state index >= 15 is 0 Å². The molecule has 32 heavy (non-hydrogen) atoms. The second-order valence-corrected chi connectivity index (χ2v) is 8.98. The van der Waals surface area contributed by atoms with Gasteiger partial charge in [-0.05, 0) is 50.2 Å². The van der Waals surface area contributed by atoms with Gasteiger partial charge in [0.25, 0.3) is 0 Å². The molecule has 0 saturated carbocycles. The molecule has 0 atom stereocenters. The van der Waals surface area contributed by atoms with Crippen molar-refractivity contribution in [3.8, 4) is 0 Å². The molecule has 3 aromatic rings. The maximum atomic E-state index is 13.5. The summed E-state index contributed by atoms with van der Waals surface area (Å²) in [7, 11) is 2.20. The first kappa shape index (κ1) is 21.3. The number of piperazine rings is 1.